The van der Waals surface area contributed by atoms with Crippen LogP contribution in [-0.4, -0.2) is 76.8 Å². The fraction of sp³-hybridized carbons (Fsp3) is 1.00. The summed E-state index contributed by atoms with van der Waals surface area (Å²) in [6.07, 6.45) is 0. The van der Waals surface area contributed by atoms with Gasteiger partial charge in [0.25, 0.3) is 0 Å². The molecule has 0 rings (SSSR count). The Morgan fingerprint density at radius 3 is 0.750 bits per heavy atom. The van der Waals surface area contributed by atoms with Crippen molar-refractivity contribution in [1.29, 1.82) is 0 Å². The summed E-state index contributed by atoms with van der Waals surface area (Å²) in [7, 11) is 0. The Balaban J connectivity index is -0.0000000185. The fourth-order valence-electron chi connectivity index (χ4n) is 0.658. The van der Waals surface area contributed by atoms with Crippen LogP contribution >= 0.6 is 0 Å². The maximum absolute atomic E-state index is 5.17. The number of hydrogen-bond donors (Lipinski definition) is 6. The molecule has 0 spiro atoms. The molecule has 6 nitrogen and oxygen atoms in total. The molecule has 0 bridgehead atoms. The molecule has 0 aliphatic rings. The number of nitrogens with two attached hydrogens (primary N) is 4. The van der Waals surface area contributed by atoms with Crippen LogP contribution < -0.4 is 33.6 Å². The van der Waals surface area contributed by atoms with Crippen molar-refractivity contribution in [2.75, 3.05) is 52.4 Å². The van der Waals surface area contributed by atoms with E-state index in [1.807, 2.05) is 0 Å². The minimum absolute atomic E-state index is 0. The Morgan fingerprint density at radius 1 is 0.500 bits per heavy atom. The first kappa shape index (κ1) is 49.5. The van der Waals surface area contributed by atoms with Crippen LogP contribution in [0.4, 0.5) is 0 Å². The third-order valence-corrected chi connectivity index (χ3v) is 1.28. The monoisotopic (exact) mass is 619 g/mol. The Hall–Kier alpha value is 3.25. The third-order valence-electron chi connectivity index (χ3n) is 1.28. The summed E-state index contributed by atoms with van der Waals surface area (Å²) in [5, 5.41) is 6.07. The van der Waals surface area contributed by atoms with Gasteiger partial charge in [0, 0.05) is 52.4 Å². The minimum atomic E-state index is 0. The molecular formula is C8H26DyN6S4Sb. The van der Waals surface area contributed by atoms with Crippen LogP contribution in [0.2, 0.25) is 0 Å². The average molecular weight is 619 g/mol. The average Bonchev–Trinajstić information content (AvgIpc) is 2.21. The molecule has 0 saturated carbocycles. The van der Waals surface area contributed by atoms with Crippen LogP contribution in [-0.2, 0) is 54.0 Å². The van der Waals surface area contributed by atoms with Crippen LogP contribution in [0, 0.1) is 38.2 Å². The maximum atomic E-state index is 5.17. The van der Waals surface area contributed by atoms with E-state index in [0.717, 1.165) is 26.2 Å². The van der Waals surface area contributed by atoms with Crippen LogP contribution in [0.5, 0.6) is 0 Å². The predicted molar refractivity (Wildman–Crippen MR) is 97.2 cm³/mol. The van der Waals surface area contributed by atoms with E-state index >= 15 is 0 Å². The summed E-state index contributed by atoms with van der Waals surface area (Å²) in [6.45, 7) is 6.27. The van der Waals surface area contributed by atoms with Gasteiger partial charge in [-0.05, 0) is 0 Å². The molecule has 10 N–H and O–H groups in total. The van der Waals surface area contributed by atoms with Crippen molar-refractivity contribution in [1.82, 2.24) is 10.6 Å². The molecule has 0 fully saturated rings. The van der Waals surface area contributed by atoms with Crippen LogP contribution in [0.3, 0.4) is 0 Å². The molecule has 1 radical (unpaired) electrons. The molecule has 0 amide bonds. The van der Waals surface area contributed by atoms with Gasteiger partial charge in [0.2, 0.25) is 0 Å². The number of hydrogen-bond acceptors (Lipinski definition) is 6. The minimum Gasteiger partial charge on any atom is -2.00 e. The number of nitrogens with one attached hydrogen (secondary N) is 2. The van der Waals surface area contributed by atoms with Gasteiger partial charge in [-0.3, -0.25) is 0 Å². The first-order valence-electron chi connectivity index (χ1n) is 5.05. The molecular weight excluding hydrogens is 593 g/mol. The van der Waals surface area contributed by atoms with E-state index in [-0.39, 0.29) is 117 Å². The molecule has 0 aromatic heterocycles. The van der Waals surface area contributed by atoms with Gasteiger partial charge in [0.1, 0.15) is 0 Å². The molecule has 0 atom stereocenters. The summed E-state index contributed by atoms with van der Waals surface area (Å²) in [4.78, 5) is 0. The van der Waals surface area contributed by atoms with Gasteiger partial charge >= 0.3 is 62.6 Å². The summed E-state index contributed by atoms with van der Waals surface area (Å²) in [5.74, 6) is 0. The molecule has 0 aromatic rings. The van der Waals surface area contributed by atoms with Crippen molar-refractivity contribution in [2.45, 2.75) is 0 Å². The second-order valence-electron chi connectivity index (χ2n) is 2.65. The zero-order valence-electron chi connectivity index (χ0n) is 11.4. The largest absolute Gasteiger partial charge is 5.00 e. The summed E-state index contributed by atoms with van der Waals surface area (Å²) in [5.41, 5.74) is 20.7. The van der Waals surface area contributed by atoms with Crippen molar-refractivity contribution in [3.05, 3.63) is 0 Å². The van der Waals surface area contributed by atoms with Crippen molar-refractivity contribution in [2.24, 2.45) is 22.9 Å². The van der Waals surface area contributed by atoms with Crippen LogP contribution in [0.15, 0.2) is 0 Å². The van der Waals surface area contributed by atoms with Gasteiger partial charge in [0.05, 0.1) is 0 Å². The predicted octanol–water partition coefficient (Wildman–Crippen LogP) is -3.40. The van der Waals surface area contributed by atoms with Crippen molar-refractivity contribution in [3.8, 4) is 0 Å². The van der Waals surface area contributed by atoms with Gasteiger partial charge in [-0.2, -0.15) is 0 Å². The van der Waals surface area contributed by atoms with E-state index in [4.69, 9.17) is 22.9 Å². The van der Waals surface area contributed by atoms with Gasteiger partial charge in [0.15, 0.2) is 0 Å². The molecule has 0 aliphatic heterocycles. The molecule has 12 heteroatoms. The Morgan fingerprint density at radius 2 is 0.650 bits per heavy atom. The summed E-state index contributed by atoms with van der Waals surface area (Å²) in [6, 6.07) is 0. The summed E-state index contributed by atoms with van der Waals surface area (Å²) < 4.78 is 0. The smallest absolute Gasteiger partial charge is 2.00 e. The van der Waals surface area contributed by atoms with Gasteiger partial charge < -0.3 is 87.6 Å². The molecule has 0 heterocycles. The standard InChI is InChI=1S/2C4H13N3.Dy.4S.Sb/c2*5-1-3-7-4-2-6;;;;;;/h2*7H,1-6H2;;;;;;/q;;+3;4*-2;+5. The first-order chi connectivity index (χ1) is 6.83. The SMILES string of the molecule is NCCNCCN.NCCNCCN.[Dy+3].[S-2].[S-2].[S-2].[S-2].[Sb+5]. The quantitative estimate of drug-likeness (QED) is 0.124. The van der Waals surface area contributed by atoms with Crippen molar-refractivity contribution in [3.63, 3.8) is 0 Å². The fourth-order valence-corrected chi connectivity index (χ4v) is 0.658. The van der Waals surface area contributed by atoms with E-state index in [1.165, 1.54) is 0 Å². The van der Waals surface area contributed by atoms with E-state index in [1.54, 1.807) is 0 Å². The van der Waals surface area contributed by atoms with Gasteiger partial charge in [-0.25, -0.2) is 0 Å². The van der Waals surface area contributed by atoms with Gasteiger partial charge in [-0.15, -0.1) is 0 Å². The Kier molecular flexibility index (Phi) is 142. The topological polar surface area (TPSA) is 128 Å². The Labute approximate surface area is 200 Å². The first-order valence-corrected chi connectivity index (χ1v) is 5.05. The second kappa shape index (κ2) is 57.2. The van der Waals surface area contributed by atoms with Crippen molar-refractivity contribution < 1.29 is 38.2 Å². The zero-order chi connectivity index (χ0) is 11.1. The van der Waals surface area contributed by atoms with Crippen LogP contribution in [0.1, 0.15) is 0 Å². The number of rotatable bonds is 8. The molecule has 0 aliphatic carbocycles. The van der Waals surface area contributed by atoms with Crippen molar-refractivity contribution >= 4 is 78.4 Å². The normalized spacial score (nSPS) is 6.60. The molecule has 0 aromatic carbocycles. The maximum Gasteiger partial charge on any atom is 5.00 e. The molecule has 20 heavy (non-hydrogen) atoms. The van der Waals surface area contributed by atoms with E-state index < -0.39 is 0 Å². The Bertz CT molecular complexity index is 87.4. The van der Waals surface area contributed by atoms with E-state index in [0.29, 0.717) is 26.2 Å². The third kappa shape index (κ3) is 68.8. The van der Waals surface area contributed by atoms with Gasteiger partial charge in [-0.1, -0.05) is 0 Å². The molecule has 0 saturated heterocycles. The molecule has 127 valence electrons. The van der Waals surface area contributed by atoms with E-state index in [9.17, 15) is 0 Å². The summed E-state index contributed by atoms with van der Waals surface area (Å²) >= 11 is 0. The zero-order valence-corrected chi connectivity index (χ0v) is 19.2. The van der Waals surface area contributed by atoms with Crippen LogP contribution in [0.25, 0.3) is 0 Å². The van der Waals surface area contributed by atoms with E-state index in [2.05, 4.69) is 10.6 Å². The molecule has 0 unspecified atom stereocenters. The second-order valence-corrected chi connectivity index (χ2v) is 2.65.